The molecule has 0 spiro atoms. The van der Waals surface area contributed by atoms with E-state index in [1.165, 1.54) is 22.3 Å². The summed E-state index contributed by atoms with van der Waals surface area (Å²) in [7, 11) is 0. The average Bonchev–Trinajstić information content (AvgIpc) is 2.00. The summed E-state index contributed by atoms with van der Waals surface area (Å²) in [4.78, 5) is 0. The van der Waals surface area contributed by atoms with Crippen LogP contribution in [0.15, 0.2) is 12.1 Å². The van der Waals surface area contributed by atoms with E-state index in [0.29, 0.717) is 0 Å². The molecule has 0 heterocycles. The largest absolute Gasteiger partial charge is 0.120 e. The van der Waals surface area contributed by atoms with Crippen molar-refractivity contribution in [3.05, 3.63) is 34.4 Å². The van der Waals surface area contributed by atoms with Gasteiger partial charge in [0.15, 0.2) is 0 Å². The van der Waals surface area contributed by atoms with Crippen LogP contribution in [0.25, 0.3) is 0 Å². The third-order valence-corrected chi connectivity index (χ3v) is 2.21. The number of hydrogen-bond donors (Lipinski definition) is 0. The van der Waals surface area contributed by atoms with Crippen LogP contribution in [-0.2, 0) is 6.42 Å². The van der Waals surface area contributed by atoms with Crippen LogP contribution in [0.1, 0.15) is 22.3 Å². The Balaban J connectivity index is 3.20. The highest BCUT2D eigenvalue weighted by Gasteiger charge is 2.00. The van der Waals surface area contributed by atoms with E-state index in [2.05, 4.69) is 38.8 Å². The minimum absolute atomic E-state index is 0.744. The first-order valence-corrected chi connectivity index (χ1v) is 4.15. The number of benzene rings is 1. The molecule has 1 aromatic carbocycles. The van der Waals surface area contributed by atoms with Crippen molar-refractivity contribution < 1.29 is 0 Å². The van der Waals surface area contributed by atoms with E-state index >= 15 is 0 Å². The summed E-state index contributed by atoms with van der Waals surface area (Å²) >= 11 is 0. The number of aryl methyl sites for hydroxylation is 2. The molecule has 0 nitrogen and oxygen atoms in total. The molecule has 12 heavy (non-hydrogen) atoms. The van der Waals surface area contributed by atoms with Gasteiger partial charge in [0.2, 0.25) is 0 Å². The van der Waals surface area contributed by atoms with E-state index < -0.39 is 0 Å². The second kappa shape index (κ2) is 3.45. The first-order valence-electron chi connectivity index (χ1n) is 4.15. The molecule has 0 saturated heterocycles. The quantitative estimate of drug-likeness (QED) is 0.551. The third kappa shape index (κ3) is 1.68. The Labute approximate surface area is 74.6 Å². The molecular weight excluding hydrogens is 144 g/mol. The van der Waals surface area contributed by atoms with Gasteiger partial charge in [-0.05, 0) is 37.5 Å². The van der Waals surface area contributed by atoms with Crippen LogP contribution in [0.5, 0.6) is 0 Å². The monoisotopic (exact) mass is 158 g/mol. The van der Waals surface area contributed by atoms with Crippen molar-refractivity contribution in [1.29, 1.82) is 0 Å². The molecule has 0 aliphatic heterocycles. The lowest BCUT2D eigenvalue weighted by Crippen LogP contribution is -1.92. The van der Waals surface area contributed by atoms with E-state index in [1.54, 1.807) is 0 Å². The van der Waals surface area contributed by atoms with E-state index in [1.807, 2.05) is 0 Å². The van der Waals surface area contributed by atoms with Gasteiger partial charge in [-0.3, -0.25) is 0 Å². The van der Waals surface area contributed by atoms with Gasteiger partial charge >= 0.3 is 0 Å². The highest BCUT2D eigenvalue weighted by Crippen LogP contribution is 2.15. The second-order valence-electron chi connectivity index (χ2n) is 3.25. The predicted molar refractivity (Wildman–Crippen MR) is 53.2 cm³/mol. The van der Waals surface area contributed by atoms with Gasteiger partial charge in [0.25, 0.3) is 0 Å². The lowest BCUT2D eigenvalue weighted by molar-refractivity contribution is 1.18. The third-order valence-electron chi connectivity index (χ3n) is 2.21. The van der Waals surface area contributed by atoms with Gasteiger partial charge in [-0.25, -0.2) is 0 Å². The van der Waals surface area contributed by atoms with Crippen LogP contribution in [-0.4, -0.2) is 0 Å². The molecule has 0 aromatic heterocycles. The first-order chi connectivity index (χ1) is 5.65. The highest BCUT2D eigenvalue weighted by atomic mass is 14.0. The van der Waals surface area contributed by atoms with Gasteiger partial charge < -0.3 is 0 Å². The Morgan fingerprint density at radius 3 is 2.50 bits per heavy atom. The fourth-order valence-electron chi connectivity index (χ4n) is 1.42. The Morgan fingerprint density at radius 1 is 1.25 bits per heavy atom. The second-order valence-corrected chi connectivity index (χ2v) is 3.25. The summed E-state index contributed by atoms with van der Waals surface area (Å²) < 4.78 is 0. The number of rotatable bonds is 1. The zero-order chi connectivity index (χ0) is 9.14. The van der Waals surface area contributed by atoms with Crippen molar-refractivity contribution in [2.45, 2.75) is 27.2 Å². The predicted octanol–water partition coefficient (Wildman–Crippen LogP) is 2.79. The van der Waals surface area contributed by atoms with Crippen LogP contribution >= 0.6 is 0 Å². The first kappa shape index (κ1) is 8.87. The number of hydrogen-bond acceptors (Lipinski definition) is 0. The summed E-state index contributed by atoms with van der Waals surface area (Å²) in [6.45, 7) is 6.36. The topological polar surface area (TPSA) is 0 Å². The van der Waals surface area contributed by atoms with E-state index in [-0.39, 0.29) is 0 Å². The molecule has 0 N–H and O–H groups in total. The minimum atomic E-state index is 0.744. The molecule has 0 unspecified atom stereocenters. The normalized spacial score (nSPS) is 9.50. The Bertz CT molecular complexity index is 327. The van der Waals surface area contributed by atoms with Crippen molar-refractivity contribution in [3.8, 4) is 12.3 Å². The maximum Gasteiger partial charge on any atom is 0.0340 e. The molecule has 0 amide bonds. The van der Waals surface area contributed by atoms with Crippen LogP contribution in [0, 0.1) is 33.1 Å². The van der Waals surface area contributed by atoms with E-state index in [9.17, 15) is 0 Å². The Hall–Kier alpha value is -1.22. The van der Waals surface area contributed by atoms with E-state index in [4.69, 9.17) is 6.42 Å². The molecule has 0 atom stereocenters. The molecule has 0 heteroatoms. The maximum atomic E-state index is 5.28. The van der Waals surface area contributed by atoms with Crippen molar-refractivity contribution >= 4 is 0 Å². The van der Waals surface area contributed by atoms with Gasteiger partial charge in [0.05, 0.1) is 0 Å². The Morgan fingerprint density at radius 2 is 1.92 bits per heavy atom. The zero-order valence-corrected chi connectivity index (χ0v) is 7.94. The van der Waals surface area contributed by atoms with Crippen molar-refractivity contribution in [1.82, 2.24) is 0 Å². The van der Waals surface area contributed by atoms with Gasteiger partial charge in [-0.15, -0.1) is 12.3 Å². The van der Waals surface area contributed by atoms with Crippen molar-refractivity contribution in [2.24, 2.45) is 0 Å². The lowest BCUT2D eigenvalue weighted by atomic mass is 9.98. The molecule has 62 valence electrons. The van der Waals surface area contributed by atoms with Crippen molar-refractivity contribution in [2.75, 3.05) is 0 Å². The summed E-state index contributed by atoms with van der Waals surface area (Å²) in [6, 6.07) is 4.36. The summed E-state index contributed by atoms with van der Waals surface area (Å²) in [5.41, 5.74) is 5.25. The highest BCUT2D eigenvalue weighted by molar-refractivity contribution is 5.38. The molecular formula is C12H14. The van der Waals surface area contributed by atoms with Crippen LogP contribution in [0.3, 0.4) is 0 Å². The molecule has 0 aliphatic carbocycles. The fraction of sp³-hybridized carbons (Fsp3) is 0.333. The summed E-state index contributed by atoms with van der Waals surface area (Å²) in [5, 5.41) is 0. The van der Waals surface area contributed by atoms with Gasteiger partial charge in [0, 0.05) is 6.42 Å². The van der Waals surface area contributed by atoms with Gasteiger partial charge in [0.1, 0.15) is 0 Å². The fourth-order valence-corrected chi connectivity index (χ4v) is 1.42. The SMILES string of the molecule is C#CCc1cc(C)cc(C)c1C. The molecule has 0 bridgehead atoms. The smallest absolute Gasteiger partial charge is 0.0340 e. The molecule has 1 rings (SSSR count). The van der Waals surface area contributed by atoms with Crippen molar-refractivity contribution in [3.63, 3.8) is 0 Å². The van der Waals surface area contributed by atoms with Crippen LogP contribution < -0.4 is 0 Å². The molecule has 1 aromatic rings. The lowest BCUT2D eigenvalue weighted by Gasteiger charge is -2.07. The standard InChI is InChI=1S/C12H14/c1-5-6-12-8-9(2)7-10(3)11(12)4/h1,7-8H,6H2,2-4H3. The number of terminal acetylenes is 1. The molecule has 0 fully saturated rings. The summed E-state index contributed by atoms with van der Waals surface area (Å²) in [6.07, 6.45) is 6.02. The van der Waals surface area contributed by atoms with Crippen LogP contribution in [0.2, 0.25) is 0 Å². The molecule has 0 radical (unpaired) electrons. The summed E-state index contributed by atoms with van der Waals surface area (Å²) in [5.74, 6) is 2.68. The van der Waals surface area contributed by atoms with Gasteiger partial charge in [-0.2, -0.15) is 0 Å². The minimum Gasteiger partial charge on any atom is -0.120 e. The molecule has 0 saturated carbocycles. The average molecular weight is 158 g/mol. The maximum absolute atomic E-state index is 5.28. The zero-order valence-electron chi connectivity index (χ0n) is 7.94. The Kier molecular flexibility index (Phi) is 2.55. The van der Waals surface area contributed by atoms with Gasteiger partial charge in [-0.1, -0.05) is 17.7 Å². The van der Waals surface area contributed by atoms with E-state index in [0.717, 1.165) is 6.42 Å². The molecule has 0 aliphatic rings. The van der Waals surface area contributed by atoms with Crippen LogP contribution in [0.4, 0.5) is 0 Å².